The molecule has 1 saturated heterocycles. The van der Waals surface area contributed by atoms with E-state index in [0.29, 0.717) is 5.11 Å². The molecule has 2 aromatic heterocycles. The van der Waals surface area contributed by atoms with Gasteiger partial charge in [0.1, 0.15) is 11.5 Å². The lowest BCUT2D eigenvalue weighted by Gasteiger charge is -2.28. The lowest BCUT2D eigenvalue weighted by Crippen LogP contribution is -2.29. The second kappa shape index (κ2) is 10.9. The minimum Gasteiger partial charge on any atom is -0.457 e. The topological polar surface area (TPSA) is 42.3 Å². The molecule has 200 valence electrons. The Hall–Kier alpha value is -3.94. The highest BCUT2D eigenvalue weighted by atomic mass is 79.9. The number of aryl methyl sites for hydroxylation is 2. The summed E-state index contributed by atoms with van der Waals surface area (Å²) in [5.41, 5.74) is 7.64. The first kappa shape index (κ1) is 26.3. The average molecular weight is 610 g/mol. The van der Waals surface area contributed by atoms with Crippen molar-refractivity contribution in [1.29, 1.82) is 0 Å². The van der Waals surface area contributed by atoms with E-state index in [9.17, 15) is 0 Å². The summed E-state index contributed by atoms with van der Waals surface area (Å²) in [5.74, 6) is 1.63. The maximum Gasteiger partial charge on any atom is 0.174 e. The molecule has 6 rings (SSSR count). The zero-order chi connectivity index (χ0) is 27.8. The quantitative estimate of drug-likeness (QED) is 0.196. The van der Waals surface area contributed by atoms with E-state index in [1.54, 1.807) is 0 Å². The Balaban J connectivity index is 1.42. The molecule has 40 heavy (non-hydrogen) atoms. The number of pyridine rings is 1. The molecular formula is C33H29BrN4OS. The lowest BCUT2D eigenvalue weighted by molar-refractivity contribution is 0.479. The lowest BCUT2D eigenvalue weighted by atomic mass is 9.96. The molecule has 0 spiro atoms. The number of halogens is 1. The van der Waals surface area contributed by atoms with E-state index in [1.807, 2.05) is 67.7 Å². The van der Waals surface area contributed by atoms with E-state index in [1.165, 1.54) is 5.56 Å². The highest BCUT2D eigenvalue weighted by Crippen LogP contribution is 2.44. The Morgan fingerprint density at radius 1 is 0.875 bits per heavy atom. The Morgan fingerprint density at radius 2 is 1.60 bits per heavy atom. The average Bonchev–Trinajstić information content (AvgIpc) is 3.46. The van der Waals surface area contributed by atoms with Crippen LogP contribution in [0.3, 0.4) is 0 Å². The van der Waals surface area contributed by atoms with E-state index >= 15 is 0 Å². The van der Waals surface area contributed by atoms with E-state index in [-0.39, 0.29) is 12.1 Å². The fraction of sp³-hybridized carbons (Fsp3) is 0.152. The third-order valence-electron chi connectivity index (χ3n) is 7.42. The predicted octanol–water partition coefficient (Wildman–Crippen LogP) is 8.53. The Bertz CT molecular complexity index is 1680. The van der Waals surface area contributed by atoms with Crippen molar-refractivity contribution in [2.45, 2.75) is 32.9 Å². The van der Waals surface area contributed by atoms with Gasteiger partial charge in [0.2, 0.25) is 0 Å². The first-order valence-corrected chi connectivity index (χ1v) is 14.4. The highest BCUT2D eigenvalue weighted by molar-refractivity contribution is 9.10. The van der Waals surface area contributed by atoms with E-state index in [0.717, 1.165) is 50.0 Å². The van der Waals surface area contributed by atoms with Crippen molar-refractivity contribution in [2.24, 2.45) is 0 Å². The van der Waals surface area contributed by atoms with Crippen molar-refractivity contribution in [3.8, 4) is 17.2 Å². The summed E-state index contributed by atoms with van der Waals surface area (Å²) >= 11 is 9.72. The van der Waals surface area contributed by atoms with Gasteiger partial charge >= 0.3 is 0 Å². The first-order valence-electron chi connectivity index (χ1n) is 13.2. The fourth-order valence-electron chi connectivity index (χ4n) is 5.51. The van der Waals surface area contributed by atoms with Gasteiger partial charge in [0, 0.05) is 27.7 Å². The van der Waals surface area contributed by atoms with Crippen molar-refractivity contribution < 1.29 is 4.74 Å². The summed E-state index contributed by atoms with van der Waals surface area (Å²) in [5, 5.41) is 4.25. The number of aromatic nitrogens is 2. The van der Waals surface area contributed by atoms with Crippen molar-refractivity contribution >= 4 is 38.9 Å². The molecule has 7 heteroatoms. The zero-order valence-electron chi connectivity index (χ0n) is 22.5. The number of hydrogen-bond donors (Lipinski definition) is 1. The second-order valence-electron chi connectivity index (χ2n) is 9.97. The molecular weight excluding hydrogens is 580 g/mol. The SMILES string of the molecule is Cc1ccccc1Oc1ccc(N2C(=S)N[C@@H](c3ccccn3)[C@@H]2c2cc(C)n(-c3ccccc3Br)c2C)cc1. The van der Waals surface area contributed by atoms with Crippen LogP contribution in [0.2, 0.25) is 0 Å². The van der Waals surface area contributed by atoms with Crippen LogP contribution in [0.25, 0.3) is 5.69 Å². The molecule has 0 bridgehead atoms. The van der Waals surface area contributed by atoms with Crippen LogP contribution in [0.15, 0.2) is 108 Å². The zero-order valence-corrected chi connectivity index (χ0v) is 24.9. The maximum absolute atomic E-state index is 6.17. The van der Waals surface area contributed by atoms with Gasteiger partial charge in [-0.3, -0.25) is 4.98 Å². The van der Waals surface area contributed by atoms with Gasteiger partial charge in [0.15, 0.2) is 5.11 Å². The second-order valence-corrected chi connectivity index (χ2v) is 11.2. The van der Waals surface area contributed by atoms with Crippen molar-refractivity contribution in [3.05, 3.63) is 136 Å². The van der Waals surface area contributed by atoms with Gasteiger partial charge in [-0.05, 0) is 121 Å². The van der Waals surface area contributed by atoms with Crippen LogP contribution in [0.4, 0.5) is 5.69 Å². The van der Waals surface area contributed by atoms with Gasteiger partial charge in [-0.2, -0.15) is 0 Å². The number of rotatable bonds is 6. The van der Waals surface area contributed by atoms with Crippen LogP contribution >= 0.6 is 28.1 Å². The van der Waals surface area contributed by atoms with Crippen LogP contribution in [0.1, 0.15) is 40.3 Å². The van der Waals surface area contributed by atoms with Crippen molar-refractivity contribution in [2.75, 3.05) is 4.90 Å². The molecule has 1 aliphatic rings. The van der Waals surface area contributed by atoms with Gasteiger partial charge in [-0.15, -0.1) is 0 Å². The van der Waals surface area contributed by atoms with Gasteiger partial charge in [0.25, 0.3) is 0 Å². The van der Waals surface area contributed by atoms with E-state index in [2.05, 4.69) is 87.0 Å². The standard InChI is InChI=1S/C33H29BrN4OS/c1-21-10-4-7-14-30(21)39-25-17-15-24(16-18-25)38-32(31(36-33(38)40)28-12-8-9-19-35-28)26-20-22(2)37(23(26)3)29-13-6-5-11-27(29)34/h4-20,31-32H,1-3H3,(H,36,40)/t31-,32-/m0/s1. The maximum atomic E-state index is 6.17. The number of nitrogens with zero attached hydrogens (tertiary/aromatic N) is 3. The normalized spacial score (nSPS) is 16.7. The van der Waals surface area contributed by atoms with Gasteiger partial charge < -0.3 is 19.5 Å². The number of anilines is 1. The van der Waals surface area contributed by atoms with Crippen molar-refractivity contribution in [1.82, 2.24) is 14.9 Å². The number of hydrogen-bond acceptors (Lipinski definition) is 3. The third-order valence-corrected chi connectivity index (χ3v) is 8.40. The summed E-state index contributed by atoms with van der Waals surface area (Å²) in [6, 6.07) is 32.5. The molecule has 0 aliphatic carbocycles. The largest absolute Gasteiger partial charge is 0.457 e. The Kier molecular flexibility index (Phi) is 7.17. The van der Waals surface area contributed by atoms with E-state index < -0.39 is 0 Å². The molecule has 3 aromatic carbocycles. The number of thiocarbonyl (C=S) groups is 1. The Morgan fingerprint density at radius 3 is 2.33 bits per heavy atom. The van der Waals surface area contributed by atoms with Crippen LogP contribution in [-0.4, -0.2) is 14.7 Å². The smallest absolute Gasteiger partial charge is 0.174 e. The molecule has 0 saturated carbocycles. The molecule has 0 unspecified atom stereocenters. The van der Waals surface area contributed by atoms with Crippen LogP contribution in [0, 0.1) is 20.8 Å². The summed E-state index contributed by atoms with van der Waals surface area (Å²) in [4.78, 5) is 6.92. The fourth-order valence-corrected chi connectivity index (χ4v) is 6.32. The minimum atomic E-state index is -0.121. The van der Waals surface area contributed by atoms with Gasteiger partial charge in [0.05, 0.1) is 23.5 Å². The van der Waals surface area contributed by atoms with Crippen molar-refractivity contribution in [3.63, 3.8) is 0 Å². The number of nitrogens with one attached hydrogen (secondary N) is 1. The molecule has 1 aliphatic heterocycles. The third kappa shape index (κ3) is 4.80. The molecule has 3 heterocycles. The van der Waals surface area contributed by atoms with Crippen LogP contribution in [0.5, 0.6) is 11.5 Å². The van der Waals surface area contributed by atoms with Crippen LogP contribution < -0.4 is 15.0 Å². The minimum absolute atomic E-state index is 0.104. The Labute approximate surface area is 248 Å². The first-order chi connectivity index (χ1) is 19.4. The van der Waals surface area contributed by atoms with Crippen LogP contribution in [-0.2, 0) is 0 Å². The molecule has 2 atom stereocenters. The molecule has 1 fully saturated rings. The van der Waals surface area contributed by atoms with Gasteiger partial charge in [-0.1, -0.05) is 36.4 Å². The molecule has 1 N–H and O–H groups in total. The number of para-hydroxylation sites is 2. The highest BCUT2D eigenvalue weighted by Gasteiger charge is 2.42. The summed E-state index contributed by atoms with van der Waals surface area (Å²) in [6.45, 7) is 6.37. The molecule has 5 nitrogen and oxygen atoms in total. The summed E-state index contributed by atoms with van der Waals surface area (Å²) < 4.78 is 9.52. The predicted molar refractivity (Wildman–Crippen MR) is 169 cm³/mol. The molecule has 0 amide bonds. The summed E-state index contributed by atoms with van der Waals surface area (Å²) in [7, 11) is 0. The molecule has 5 aromatic rings. The summed E-state index contributed by atoms with van der Waals surface area (Å²) in [6.07, 6.45) is 1.84. The monoisotopic (exact) mass is 608 g/mol. The number of benzene rings is 3. The number of ether oxygens (including phenoxy) is 1. The van der Waals surface area contributed by atoms with Gasteiger partial charge in [-0.25, -0.2) is 0 Å². The van der Waals surface area contributed by atoms with E-state index in [4.69, 9.17) is 21.9 Å². The molecule has 0 radical (unpaired) electrons.